The summed E-state index contributed by atoms with van der Waals surface area (Å²) in [4.78, 5) is 27.7. The first kappa shape index (κ1) is 20.4. The average molecular weight is 441 g/mol. The molecule has 33 heavy (non-hydrogen) atoms. The van der Waals surface area contributed by atoms with E-state index in [-0.39, 0.29) is 17.9 Å². The van der Waals surface area contributed by atoms with Gasteiger partial charge in [0.15, 0.2) is 11.5 Å². The van der Waals surface area contributed by atoms with E-state index in [1.165, 1.54) is 23.5 Å². The number of ketones is 1. The number of hydrogen-bond donors (Lipinski definition) is 1. The fraction of sp³-hybridized carbons (Fsp3) is 0.0769. The maximum absolute atomic E-state index is 13.2. The summed E-state index contributed by atoms with van der Waals surface area (Å²) in [6.45, 7) is 0.0687. The Morgan fingerprint density at radius 1 is 0.909 bits per heavy atom. The summed E-state index contributed by atoms with van der Waals surface area (Å²) < 4.78 is 16.6. The highest BCUT2D eigenvalue weighted by atomic mass is 16.5. The molecule has 0 bridgehead atoms. The molecule has 0 spiro atoms. The van der Waals surface area contributed by atoms with Crippen LogP contribution >= 0.6 is 0 Å². The summed E-state index contributed by atoms with van der Waals surface area (Å²) in [6, 6.07) is 22.0. The Bertz CT molecular complexity index is 1310. The van der Waals surface area contributed by atoms with Crippen LogP contribution in [0.3, 0.4) is 0 Å². The number of Topliss-reactive ketones (excluding diaryl/α,β-unsaturated/α-hetero) is 1. The van der Waals surface area contributed by atoms with Crippen LogP contribution in [-0.4, -0.2) is 21.7 Å². The lowest BCUT2D eigenvalue weighted by Gasteiger charge is -2.26. The van der Waals surface area contributed by atoms with Crippen molar-refractivity contribution < 1.29 is 28.3 Å². The van der Waals surface area contributed by atoms with E-state index in [1.54, 1.807) is 42.5 Å². The molecule has 5 rings (SSSR count). The SMILES string of the molecule is O=C(C1=C(O)C(=O)N(Cc2ccco2)C1c1cccc(Oc2ccccc2)c1)c1ccco1. The van der Waals surface area contributed by atoms with Gasteiger partial charge in [-0.25, -0.2) is 0 Å². The number of rotatable bonds is 7. The van der Waals surface area contributed by atoms with Gasteiger partial charge in [0.2, 0.25) is 5.78 Å². The van der Waals surface area contributed by atoms with Gasteiger partial charge in [0.25, 0.3) is 5.91 Å². The number of ether oxygens (including phenoxy) is 1. The van der Waals surface area contributed by atoms with Crippen molar-refractivity contribution in [2.45, 2.75) is 12.6 Å². The Balaban J connectivity index is 1.56. The van der Waals surface area contributed by atoms with Crippen LogP contribution in [0.25, 0.3) is 0 Å². The third-order valence-electron chi connectivity index (χ3n) is 5.35. The summed E-state index contributed by atoms with van der Waals surface area (Å²) in [5, 5.41) is 10.7. The van der Waals surface area contributed by atoms with E-state index in [2.05, 4.69) is 0 Å². The Kier molecular flexibility index (Phi) is 5.28. The second-order valence-corrected chi connectivity index (χ2v) is 7.47. The minimum atomic E-state index is -0.862. The van der Waals surface area contributed by atoms with Gasteiger partial charge in [0.05, 0.1) is 30.7 Å². The summed E-state index contributed by atoms with van der Waals surface area (Å²) in [5.41, 5.74) is 0.542. The quantitative estimate of drug-likeness (QED) is 0.384. The van der Waals surface area contributed by atoms with E-state index in [0.29, 0.717) is 22.8 Å². The number of nitrogens with zero attached hydrogens (tertiary/aromatic N) is 1. The van der Waals surface area contributed by atoms with Crippen molar-refractivity contribution in [3.05, 3.63) is 120 Å². The first-order valence-corrected chi connectivity index (χ1v) is 10.3. The number of para-hydroxylation sites is 1. The molecule has 0 radical (unpaired) electrons. The number of aliphatic hydroxyl groups is 1. The van der Waals surface area contributed by atoms with Gasteiger partial charge in [0, 0.05) is 0 Å². The fourth-order valence-corrected chi connectivity index (χ4v) is 3.88. The van der Waals surface area contributed by atoms with Gasteiger partial charge in [0.1, 0.15) is 17.3 Å². The van der Waals surface area contributed by atoms with Crippen molar-refractivity contribution in [3.8, 4) is 11.5 Å². The van der Waals surface area contributed by atoms with Crippen molar-refractivity contribution in [2.75, 3.05) is 0 Å². The van der Waals surface area contributed by atoms with Gasteiger partial charge in [-0.1, -0.05) is 30.3 Å². The summed E-state index contributed by atoms with van der Waals surface area (Å²) in [5.74, 6) is -0.110. The molecule has 2 aromatic carbocycles. The highest BCUT2D eigenvalue weighted by Crippen LogP contribution is 2.41. The first-order chi connectivity index (χ1) is 16.1. The normalized spacial score (nSPS) is 15.8. The van der Waals surface area contributed by atoms with Crippen LogP contribution in [0.4, 0.5) is 0 Å². The fourth-order valence-electron chi connectivity index (χ4n) is 3.88. The number of furan rings is 2. The Hall–Kier alpha value is -4.52. The van der Waals surface area contributed by atoms with Gasteiger partial charge in [-0.05, 0) is 54.1 Å². The number of carbonyl (C=O) groups excluding carboxylic acids is 2. The molecular weight excluding hydrogens is 422 g/mol. The topological polar surface area (TPSA) is 93.1 Å². The van der Waals surface area contributed by atoms with Crippen molar-refractivity contribution in [3.63, 3.8) is 0 Å². The minimum Gasteiger partial charge on any atom is -0.503 e. The molecule has 1 atom stereocenters. The van der Waals surface area contributed by atoms with Crippen LogP contribution in [0.2, 0.25) is 0 Å². The number of aliphatic hydroxyl groups excluding tert-OH is 1. The van der Waals surface area contributed by atoms with Gasteiger partial charge in [-0.2, -0.15) is 0 Å². The molecule has 1 aliphatic rings. The van der Waals surface area contributed by atoms with Gasteiger partial charge < -0.3 is 23.6 Å². The molecule has 7 nitrogen and oxygen atoms in total. The molecule has 1 N–H and O–H groups in total. The highest BCUT2D eigenvalue weighted by Gasteiger charge is 2.44. The molecule has 0 aliphatic carbocycles. The monoisotopic (exact) mass is 441 g/mol. The minimum absolute atomic E-state index is 0.0332. The lowest BCUT2D eigenvalue weighted by Crippen LogP contribution is -2.30. The molecule has 0 fully saturated rings. The third kappa shape index (κ3) is 3.92. The van der Waals surface area contributed by atoms with Gasteiger partial charge in [-0.15, -0.1) is 0 Å². The molecular formula is C26H19NO6. The lowest BCUT2D eigenvalue weighted by atomic mass is 9.95. The van der Waals surface area contributed by atoms with E-state index in [1.807, 2.05) is 30.3 Å². The van der Waals surface area contributed by atoms with Crippen LogP contribution in [0, 0.1) is 0 Å². The predicted octanol–water partition coefficient (Wildman–Crippen LogP) is 5.44. The zero-order valence-electron chi connectivity index (χ0n) is 17.4. The van der Waals surface area contributed by atoms with E-state index in [4.69, 9.17) is 13.6 Å². The van der Waals surface area contributed by atoms with Crippen molar-refractivity contribution in [2.24, 2.45) is 0 Å². The molecule has 164 valence electrons. The maximum atomic E-state index is 13.2. The van der Waals surface area contributed by atoms with Gasteiger partial charge in [-0.3, -0.25) is 9.59 Å². The zero-order chi connectivity index (χ0) is 22.8. The molecule has 1 amide bonds. The second-order valence-electron chi connectivity index (χ2n) is 7.47. The Morgan fingerprint density at radius 3 is 2.39 bits per heavy atom. The molecule has 0 saturated carbocycles. The first-order valence-electron chi connectivity index (χ1n) is 10.3. The van der Waals surface area contributed by atoms with Crippen molar-refractivity contribution in [1.29, 1.82) is 0 Å². The van der Waals surface area contributed by atoms with Crippen LogP contribution in [0.15, 0.2) is 112 Å². The zero-order valence-corrected chi connectivity index (χ0v) is 17.4. The van der Waals surface area contributed by atoms with E-state index < -0.39 is 23.5 Å². The largest absolute Gasteiger partial charge is 0.503 e. The highest BCUT2D eigenvalue weighted by molar-refractivity contribution is 6.15. The van der Waals surface area contributed by atoms with Crippen molar-refractivity contribution >= 4 is 11.7 Å². The van der Waals surface area contributed by atoms with E-state index in [9.17, 15) is 14.7 Å². The molecule has 2 aromatic heterocycles. The average Bonchev–Trinajstić information content (AvgIpc) is 3.59. The Labute approximate surface area is 189 Å². The number of hydrogen-bond acceptors (Lipinski definition) is 6. The summed E-state index contributed by atoms with van der Waals surface area (Å²) >= 11 is 0. The van der Waals surface area contributed by atoms with Crippen LogP contribution in [0.1, 0.15) is 27.9 Å². The molecule has 1 aliphatic heterocycles. The van der Waals surface area contributed by atoms with E-state index >= 15 is 0 Å². The molecule has 3 heterocycles. The number of benzene rings is 2. The number of amides is 1. The van der Waals surface area contributed by atoms with Crippen LogP contribution in [-0.2, 0) is 11.3 Å². The van der Waals surface area contributed by atoms with Gasteiger partial charge >= 0.3 is 0 Å². The lowest BCUT2D eigenvalue weighted by molar-refractivity contribution is -0.130. The molecule has 0 saturated heterocycles. The van der Waals surface area contributed by atoms with Crippen molar-refractivity contribution in [1.82, 2.24) is 4.90 Å². The smallest absolute Gasteiger partial charge is 0.290 e. The second kappa shape index (κ2) is 8.55. The maximum Gasteiger partial charge on any atom is 0.290 e. The van der Waals surface area contributed by atoms with Crippen LogP contribution < -0.4 is 4.74 Å². The Morgan fingerprint density at radius 2 is 1.67 bits per heavy atom. The molecule has 7 heteroatoms. The predicted molar refractivity (Wildman–Crippen MR) is 118 cm³/mol. The van der Waals surface area contributed by atoms with E-state index in [0.717, 1.165) is 0 Å². The number of carbonyl (C=O) groups is 2. The molecule has 1 unspecified atom stereocenters. The standard InChI is InChI=1S/C26H19NO6/c28-24(21-12-6-14-32-21)22-23(27(26(30)25(22)29)16-20-11-5-13-31-20)17-7-4-10-19(15-17)33-18-8-2-1-3-9-18/h1-15,23,29H,16H2. The summed E-state index contributed by atoms with van der Waals surface area (Å²) in [7, 11) is 0. The molecule has 4 aromatic rings. The third-order valence-corrected chi connectivity index (χ3v) is 5.35. The summed E-state index contributed by atoms with van der Waals surface area (Å²) in [6.07, 6.45) is 2.87. The van der Waals surface area contributed by atoms with Crippen LogP contribution in [0.5, 0.6) is 11.5 Å².